The minimum Gasteiger partial charge on any atom is -0.465 e. The molecule has 1 unspecified atom stereocenters. The van der Waals surface area contributed by atoms with Crippen LogP contribution in [0, 0.1) is 0 Å². The van der Waals surface area contributed by atoms with Crippen LogP contribution in [-0.4, -0.2) is 40.6 Å². The summed E-state index contributed by atoms with van der Waals surface area (Å²) >= 11 is 0. The van der Waals surface area contributed by atoms with E-state index in [1.807, 2.05) is 0 Å². The third-order valence-electron chi connectivity index (χ3n) is 2.16. The Labute approximate surface area is 87.6 Å². The first-order chi connectivity index (χ1) is 7.10. The van der Waals surface area contributed by atoms with Gasteiger partial charge in [0.15, 0.2) is 0 Å². The van der Waals surface area contributed by atoms with Gasteiger partial charge in [0.25, 0.3) is 0 Å². The topological polar surface area (TPSA) is 90.4 Å². The standard InChI is InChI=1S/C9H15N3O3/c1-12-8(3-6(10)5-13)7(4-11-12)9(14)15-2/h4,6,13H,3,5,10H2,1-2H3. The van der Waals surface area contributed by atoms with E-state index >= 15 is 0 Å². The normalized spacial score (nSPS) is 12.5. The predicted molar refractivity (Wildman–Crippen MR) is 53.3 cm³/mol. The first-order valence-corrected chi connectivity index (χ1v) is 4.55. The molecule has 84 valence electrons. The largest absolute Gasteiger partial charge is 0.465 e. The summed E-state index contributed by atoms with van der Waals surface area (Å²) in [6, 6.07) is -0.399. The molecule has 3 N–H and O–H groups in total. The molecule has 1 rings (SSSR count). The summed E-state index contributed by atoms with van der Waals surface area (Å²) in [6.07, 6.45) is 1.82. The van der Waals surface area contributed by atoms with Crippen LogP contribution in [0.2, 0.25) is 0 Å². The fourth-order valence-corrected chi connectivity index (χ4v) is 1.30. The molecule has 0 aromatic carbocycles. The van der Waals surface area contributed by atoms with Crippen LogP contribution in [0.4, 0.5) is 0 Å². The van der Waals surface area contributed by atoms with Crippen molar-refractivity contribution < 1.29 is 14.6 Å². The van der Waals surface area contributed by atoms with Crippen molar-refractivity contribution in [3.63, 3.8) is 0 Å². The number of rotatable bonds is 4. The minimum absolute atomic E-state index is 0.133. The molecule has 6 nitrogen and oxygen atoms in total. The number of carbonyl (C=O) groups excluding carboxylic acids is 1. The monoisotopic (exact) mass is 213 g/mol. The lowest BCUT2D eigenvalue weighted by Crippen LogP contribution is -2.28. The second-order valence-corrected chi connectivity index (χ2v) is 3.27. The van der Waals surface area contributed by atoms with Gasteiger partial charge in [-0.15, -0.1) is 0 Å². The fourth-order valence-electron chi connectivity index (χ4n) is 1.30. The third kappa shape index (κ3) is 2.54. The molecule has 1 aromatic heterocycles. The number of hydrogen-bond donors (Lipinski definition) is 2. The molecule has 0 saturated carbocycles. The summed E-state index contributed by atoms with van der Waals surface area (Å²) in [5.41, 5.74) is 6.66. The van der Waals surface area contributed by atoms with Gasteiger partial charge in [-0.3, -0.25) is 4.68 Å². The third-order valence-corrected chi connectivity index (χ3v) is 2.16. The Hall–Kier alpha value is -1.40. The second kappa shape index (κ2) is 4.90. The maximum Gasteiger partial charge on any atom is 0.341 e. The van der Waals surface area contributed by atoms with E-state index < -0.39 is 12.0 Å². The van der Waals surface area contributed by atoms with Crippen molar-refractivity contribution in [1.29, 1.82) is 0 Å². The van der Waals surface area contributed by atoms with Gasteiger partial charge >= 0.3 is 5.97 Å². The molecule has 0 aliphatic rings. The number of aryl methyl sites for hydroxylation is 1. The molecular weight excluding hydrogens is 198 g/mol. The van der Waals surface area contributed by atoms with Gasteiger partial charge in [-0.05, 0) is 0 Å². The first kappa shape index (κ1) is 11.7. The molecule has 0 radical (unpaired) electrons. The summed E-state index contributed by atoms with van der Waals surface area (Å²) < 4.78 is 6.17. The predicted octanol–water partition coefficient (Wildman–Crippen LogP) is -0.931. The van der Waals surface area contributed by atoms with Crippen molar-refractivity contribution >= 4 is 5.97 Å². The van der Waals surface area contributed by atoms with Crippen molar-refractivity contribution in [2.75, 3.05) is 13.7 Å². The summed E-state index contributed by atoms with van der Waals surface area (Å²) in [6.45, 7) is -0.133. The Morgan fingerprint density at radius 3 is 3.00 bits per heavy atom. The number of aliphatic hydroxyl groups is 1. The summed E-state index contributed by atoms with van der Waals surface area (Å²) in [5.74, 6) is -0.441. The van der Waals surface area contributed by atoms with Gasteiger partial charge in [-0.2, -0.15) is 5.10 Å². The molecule has 0 saturated heterocycles. The van der Waals surface area contributed by atoms with Crippen molar-refractivity contribution in [3.8, 4) is 0 Å². The van der Waals surface area contributed by atoms with Crippen LogP contribution in [0.5, 0.6) is 0 Å². The van der Waals surface area contributed by atoms with Crippen molar-refractivity contribution in [3.05, 3.63) is 17.5 Å². The minimum atomic E-state index is -0.441. The lowest BCUT2D eigenvalue weighted by Gasteiger charge is -2.09. The van der Waals surface area contributed by atoms with Crippen molar-refractivity contribution in [2.24, 2.45) is 12.8 Å². The lowest BCUT2D eigenvalue weighted by atomic mass is 10.1. The Morgan fingerprint density at radius 1 is 1.80 bits per heavy atom. The van der Waals surface area contributed by atoms with Gasteiger partial charge in [0.05, 0.1) is 25.6 Å². The van der Waals surface area contributed by atoms with E-state index in [0.717, 1.165) is 0 Å². The van der Waals surface area contributed by atoms with E-state index in [2.05, 4.69) is 9.84 Å². The Morgan fingerprint density at radius 2 is 2.47 bits per heavy atom. The zero-order valence-corrected chi connectivity index (χ0v) is 8.80. The number of esters is 1. The van der Waals surface area contributed by atoms with E-state index in [9.17, 15) is 4.79 Å². The number of aromatic nitrogens is 2. The van der Waals surface area contributed by atoms with E-state index in [1.54, 1.807) is 11.7 Å². The van der Waals surface area contributed by atoms with Crippen molar-refractivity contribution in [2.45, 2.75) is 12.5 Å². The molecule has 0 aliphatic carbocycles. The van der Waals surface area contributed by atoms with Gasteiger partial charge < -0.3 is 15.6 Å². The quantitative estimate of drug-likeness (QED) is 0.630. The van der Waals surface area contributed by atoms with Crippen LogP contribution >= 0.6 is 0 Å². The highest BCUT2D eigenvalue weighted by Crippen LogP contribution is 2.10. The Balaban J connectivity index is 2.94. The molecule has 6 heteroatoms. The second-order valence-electron chi connectivity index (χ2n) is 3.27. The van der Waals surface area contributed by atoms with Crippen LogP contribution in [0.3, 0.4) is 0 Å². The molecule has 1 atom stereocenters. The fraction of sp³-hybridized carbons (Fsp3) is 0.556. The highest BCUT2D eigenvalue weighted by atomic mass is 16.5. The highest BCUT2D eigenvalue weighted by molar-refractivity contribution is 5.90. The van der Waals surface area contributed by atoms with Gasteiger partial charge in [0.2, 0.25) is 0 Å². The average Bonchev–Trinajstić information content (AvgIpc) is 2.59. The average molecular weight is 213 g/mol. The van der Waals surface area contributed by atoms with E-state index in [-0.39, 0.29) is 6.61 Å². The SMILES string of the molecule is COC(=O)c1cnn(C)c1CC(N)CO. The van der Waals surface area contributed by atoms with Gasteiger partial charge in [-0.25, -0.2) is 4.79 Å². The van der Waals surface area contributed by atoms with Crippen LogP contribution in [0.15, 0.2) is 6.20 Å². The molecule has 0 bridgehead atoms. The molecule has 1 heterocycles. The molecule has 1 aromatic rings. The number of aliphatic hydroxyl groups excluding tert-OH is 1. The number of nitrogens with two attached hydrogens (primary N) is 1. The van der Waals surface area contributed by atoms with Crippen LogP contribution in [0.25, 0.3) is 0 Å². The Bertz CT molecular complexity index is 348. The first-order valence-electron chi connectivity index (χ1n) is 4.55. The summed E-state index contributed by atoms with van der Waals surface area (Å²) in [7, 11) is 3.02. The number of nitrogens with zero attached hydrogens (tertiary/aromatic N) is 2. The Kier molecular flexibility index (Phi) is 3.81. The zero-order chi connectivity index (χ0) is 11.4. The zero-order valence-electron chi connectivity index (χ0n) is 8.80. The molecule has 15 heavy (non-hydrogen) atoms. The summed E-state index contributed by atoms with van der Waals surface area (Å²) in [5, 5.41) is 12.8. The molecule has 0 spiro atoms. The van der Waals surface area contributed by atoms with E-state index in [0.29, 0.717) is 17.7 Å². The maximum atomic E-state index is 11.3. The number of ether oxygens (including phenoxy) is 1. The van der Waals surface area contributed by atoms with Gasteiger partial charge in [0.1, 0.15) is 5.56 Å². The molecule has 0 amide bonds. The molecule has 0 fully saturated rings. The molecular formula is C9H15N3O3. The van der Waals surface area contributed by atoms with E-state index in [1.165, 1.54) is 13.3 Å². The molecule has 0 aliphatic heterocycles. The van der Waals surface area contributed by atoms with Crippen LogP contribution < -0.4 is 5.73 Å². The lowest BCUT2D eigenvalue weighted by molar-refractivity contribution is 0.0599. The number of carbonyl (C=O) groups is 1. The smallest absolute Gasteiger partial charge is 0.341 e. The maximum absolute atomic E-state index is 11.3. The van der Waals surface area contributed by atoms with Crippen molar-refractivity contribution in [1.82, 2.24) is 9.78 Å². The summed E-state index contributed by atoms with van der Waals surface area (Å²) in [4.78, 5) is 11.3. The van der Waals surface area contributed by atoms with Gasteiger partial charge in [0, 0.05) is 19.5 Å². The van der Waals surface area contributed by atoms with Gasteiger partial charge in [-0.1, -0.05) is 0 Å². The van der Waals surface area contributed by atoms with E-state index in [4.69, 9.17) is 10.8 Å². The number of methoxy groups -OCH3 is 1. The van der Waals surface area contributed by atoms with Crippen LogP contribution in [-0.2, 0) is 18.2 Å². The number of hydrogen-bond acceptors (Lipinski definition) is 5. The van der Waals surface area contributed by atoms with Crippen LogP contribution in [0.1, 0.15) is 16.1 Å². The highest BCUT2D eigenvalue weighted by Gasteiger charge is 2.18.